The molecular formula is C19H22N4O7. The molecule has 2 aromatic rings. The maximum atomic E-state index is 12.4. The van der Waals surface area contributed by atoms with E-state index in [1.165, 1.54) is 38.3 Å². The van der Waals surface area contributed by atoms with E-state index in [0.717, 1.165) is 17.2 Å². The number of benzene rings is 1. The summed E-state index contributed by atoms with van der Waals surface area (Å²) in [6.45, 7) is 3.62. The Labute approximate surface area is 171 Å². The van der Waals surface area contributed by atoms with E-state index in [2.05, 4.69) is 10.4 Å². The first kappa shape index (κ1) is 22.5. The van der Waals surface area contributed by atoms with E-state index >= 15 is 0 Å². The Balaban J connectivity index is 2.10. The number of esters is 1. The third kappa shape index (κ3) is 5.63. The third-order valence-corrected chi connectivity index (χ3v) is 4.11. The highest BCUT2D eigenvalue weighted by molar-refractivity contribution is 5.98. The van der Waals surface area contributed by atoms with E-state index < -0.39 is 22.9 Å². The molecule has 1 N–H and O–H groups in total. The predicted molar refractivity (Wildman–Crippen MR) is 107 cm³/mol. The Hall–Kier alpha value is -3.76. The zero-order valence-corrected chi connectivity index (χ0v) is 16.8. The number of hydrogen-bond acceptors (Lipinski definition) is 8. The van der Waals surface area contributed by atoms with Crippen LogP contribution < -0.4 is 15.6 Å². The number of aromatic nitrogens is 2. The van der Waals surface area contributed by atoms with Gasteiger partial charge in [0.1, 0.15) is 11.4 Å². The van der Waals surface area contributed by atoms with Crippen LogP contribution in [0.4, 0.5) is 11.4 Å². The summed E-state index contributed by atoms with van der Waals surface area (Å²) in [7, 11) is 1.36. The lowest BCUT2D eigenvalue weighted by molar-refractivity contribution is -0.384. The highest BCUT2D eigenvalue weighted by Crippen LogP contribution is 2.29. The number of carbonyl (C=O) groups is 2. The summed E-state index contributed by atoms with van der Waals surface area (Å²) < 4.78 is 11.2. The first-order valence-electron chi connectivity index (χ1n) is 9.19. The van der Waals surface area contributed by atoms with E-state index in [9.17, 15) is 24.5 Å². The van der Waals surface area contributed by atoms with E-state index in [-0.39, 0.29) is 28.4 Å². The molecule has 30 heavy (non-hydrogen) atoms. The number of nitrogens with zero attached hydrogens (tertiary/aromatic N) is 3. The summed E-state index contributed by atoms with van der Waals surface area (Å²) in [6, 6.07) is 6.34. The molecule has 1 atom stereocenters. The number of methoxy groups -OCH3 is 1. The van der Waals surface area contributed by atoms with Gasteiger partial charge in [-0.15, -0.1) is 0 Å². The number of anilines is 1. The van der Waals surface area contributed by atoms with Crippen molar-refractivity contribution in [2.45, 2.75) is 39.3 Å². The van der Waals surface area contributed by atoms with Crippen molar-refractivity contribution in [2.75, 3.05) is 12.4 Å². The van der Waals surface area contributed by atoms with Crippen LogP contribution >= 0.6 is 0 Å². The summed E-state index contributed by atoms with van der Waals surface area (Å²) in [5.41, 5.74) is -0.913. The Bertz CT molecular complexity index is 1000. The van der Waals surface area contributed by atoms with Gasteiger partial charge in [-0.3, -0.25) is 19.7 Å². The van der Waals surface area contributed by atoms with Crippen LogP contribution in [0.25, 0.3) is 0 Å². The minimum absolute atomic E-state index is 0.0695. The molecule has 0 spiro atoms. The molecule has 11 heteroatoms. The van der Waals surface area contributed by atoms with Crippen molar-refractivity contribution >= 4 is 23.3 Å². The molecule has 1 unspecified atom stereocenters. The van der Waals surface area contributed by atoms with Gasteiger partial charge in [0.05, 0.1) is 18.1 Å². The fraction of sp³-hybridized carbons (Fsp3) is 0.368. The van der Waals surface area contributed by atoms with Crippen molar-refractivity contribution in [3.63, 3.8) is 0 Å². The van der Waals surface area contributed by atoms with Crippen molar-refractivity contribution in [1.82, 2.24) is 9.78 Å². The molecule has 0 saturated carbocycles. The number of nitrogens with one attached hydrogen (secondary N) is 1. The van der Waals surface area contributed by atoms with Gasteiger partial charge in [0.2, 0.25) is 0 Å². The fourth-order valence-electron chi connectivity index (χ4n) is 2.43. The molecule has 0 aliphatic carbocycles. The maximum absolute atomic E-state index is 12.4. The maximum Gasteiger partial charge on any atom is 0.359 e. The second-order valence-corrected chi connectivity index (χ2v) is 6.31. The normalized spacial score (nSPS) is 11.4. The fourth-order valence-corrected chi connectivity index (χ4v) is 2.43. The number of nitro benzene ring substituents is 1. The summed E-state index contributed by atoms with van der Waals surface area (Å²) >= 11 is 0. The first-order valence-corrected chi connectivity index (χ1v) is 9.19. The Morgan fingerprint density at radius 3 is 2.67 bits per heavy atom. The number of hydrogen-bond donors (Lipinski definition) is 1. The molecule has 1 heterocycles. The van der Waals surface area contributed by atoms with Crippen molar-refractivity contribution in [3.8, 4) is 5.75 Å². The van der Waals surface area contributed by atoms with E-state index in [0.29, 0.717) is 13.0 Å². The monoisotopic (exact) mass is 418 g/mol. The molecule has 0 fully saturated rings. The lowest BCUT2D eigenvalue weighted by atomic mass is 10.2. The van der Waals surface area contributed by atoms with Gasteiger partial charge >= 0.3 is 5.97 Å². The molecule has 11 nitrogen and oxygen atoms in total. The topological polar surface area (TPSA) is 143 Å². The van der Waals surface area contributed by atoms with Crippen LogP contribution in [0, 0.1) is 10.1 Å². The molecule has 1 aromatic heterocycles. The van der Waals surface area contributed by atoms with E-state index in [1.807, 2.05) is 6.92 Å². The van der Waals surface area contributed by atoms with Crippen LogP contribution in [0.5, 0.6) is 5.75 Å². The molecule has 0 aliphatic rings. The van der Waals surface area contributed by atoms with Crippen LogP contribution in [0.15, 0.2) is 35.1 Å². The lowest BCUT2D eigenvalue weighted by Gasteiger charge is -2.14. The molecule has 1 amide bonds. The number of ether oxygens (including phenoxy) is 2. The minimum Gasteiger partial charge on any atom is -0.496 e. The standard InChI is InChI=1S/C19H22N4O7/c1-4-5-10-22-17(24)9-8-15(21-22)19(26)30-12(2)18(25)20-14-7-6-13(29-3)11-16(14)23(27)28/h6-9,11-12H,4-5,10H2,1-3H3,(H,20,25). The van der Waals surface area contributed by atoms with Crippen molar-refractivity contribution in [3.05, 3.63) is 56.5 Å². The Morgan fingerprint density at radius 2 is 2.03 bits per heavy atom. The smallest absolute Gasteiger partial charge is 0.359 e. The number of carbonyl (C=O) groups excluding carboxylic acids is 2. The van der Waals surface area contributed by atoms with E-state index in [1.54, 1.807) is 0 Å². The number of amides is 1. The highest BCUT2D eigenvalue weighted by atomic mass is 16.6. The summed E-state index contributed by atoms with van der Waals surface area (Å²) in [6.07, 6.45) is 0.291. The molecule has 0 aliphatic heterocycles. The van der Waals surface area contributed by atoms with Crippen LogP contribution in [0.2, 0.25) is 0 Å². The number of unbranched alkanes of at least 4 members (excludes halogenated alkanes) is 1. The minimum atomic E-state index is -1.27. The summed E-state index contributed by atoms with van der Waals surface area (Å²) in [5, 5.41) is 17.5. The summed E-state index contributed by atoms with van der Waals surface area (Å²) in [5.74, 6) is -1.41. The number of rotatable bonds is 9. The molecule has 0 saturated heterocycles. The third-order valence-electron chi connectivity index (χ3n) is 4.11. The average Bonchev–Trinajstić information content (AvgIpc) is 2.73. The zero-order valence-electron chi connectivity index (χ0n) is 16.8. The van der Waals surface area contributed by atoms with Crippen LogP contribution in [0.3, 0.4) is 0 Å². The predicted octanol–water partition coefficient (Wildman–Crippen LogP) is 2.14. The molecule has 160 valence electrons. The second-order valence-electron chi connectivity index (χ2n) is 6.31. The number of aryl methyl sites for hydroxylation is 1. The molecule has 2 rings (SSSR count). The Kier molecular flexibility index (Phi) is 7.62. The van der Waals surface area contributed by atoms with Crippen molar-refractivity contribution < 1.29 is 24.0 Å². The second kappa shape index (κ2) is 10.1. The first-order chi connectivity index (χ1) is 14.3. The van der Waals surface area contributed by atoms with Gasteiger partial charge in [-0.1, -0.05) is 13.3 Å². The van der Waals surface area contributed by atoms with Crippen molar-refractivity contribution in [2.24, 2.45) is 0 Å². The van der Waals surface area contributed by atoms with Crippen LogP contribution in [-0.2, 0) is 16.1 Å². The SMILES string of the molecule is CCCCn1nc(C(=O)OC(C)C(=O)Nc2ccc(OC)cc2[N+](=O)[O-])ccc1=O. The molecule has 1 aromatic carbocycles. The molecular weight excluding hydrogens is 396 g/mol. The quantitative estimate of drug-likeness (QED) is 0.371. The van der Waals surface area contributed by atoms with Crippen LogP contribution in [-0.4, -0.2) is 39.8 Å². The highest BCUT2D eigenvalue weighted by Gasteiger charge is 2.24. The van der Waals surface area contributed by atoms with Gasteiger partial charge in [-0.2, -0.15) is 5.10 Å². The zero-order chi connectivity index (χ0) is 22.3. The summed E-state index contributed by atoms with van der Waals surface area (Å²) in [4.78, 5) is 47.0. The number of nitro groups is 1. The average molecular weight is 418 g/mol. The van der Waals surface area contributed by atoms with Gasteiger partial charge < -0.3 is 14.8 Å². The molecule has 0 radical (unpaired) electrons. The van der Waals surface area contributed by atoms with Gasteiger partial charge in [0.25, 0.3) is 17.2 Å². The Morgan fingerprint density at radius 1 is 1.30 bits per heavy atom. The lowest BCUT2D eigenvalue weighted by Crippen LogP contribution is -2.31. The van der Waals surface area contributed by atoms with E-state index in [4.69, 9.17) is 9.47 Å². The van der Waals surface area contributed by atoms with Gasteiger partial charge in [0, 0.05) is 12.6 Å². The van der Waals surface area contributed by atoms with Crippen LogP contribution in [0.1, 0.15) is 37.2 Å². The van der Waals surface area contributed by atoms with Crippen molar-refractivity contribution in [1.29, 1.82) is 0 Å². The largest absolute Gasteiger partial charge is 0.496 e. The van der Waals surface area contributed by atoms with Gasteiger partial charge in [-0.05, 0) is 31.5 Å². The van der Waals surface area contributed by atoms with Gasteiger partial charge in [-0.25, -0.2) is 9.48 Å². The molecule has 0 bridgehead atoms. The van der Waals surface area contributed by atoms with Gasteiger partial charge in [0.15, 0.2) is 11.8 Å².